The van der Waals surface area contributed by atoms with E-state index in [0.29, 0.717) is 18.2 Å². The van der Waals surface area contributed by atoms with Gasteiger partial charge >= 0.3 is 0 Å². The summed E-state index contributed by atoms with van der Waals surface area (Å²) >= 11 is 0. The van der Waals surface area contributed by atoms with Crippen molar-refractivity contribution in [2.24, 2.45) is 5.92 Å². The van der Waals surface area contributed by atoms with Crippen molar-refractivity contribution in [3.63, 3.8) is 0 Å². The number of hydrogen-bond acceptors (Lipinski definition) is 3. The molecule has 3 heteroatoms. The molecular weight excluding hydrogens is 236 g/mol. The summed E-state index contributed by atoms with van der Waals surface area (Å²) < 4.78 is 6.15. The second-order valence-corrected chi connectivity index (χ2v) is 6.42. The standard InChI is InChI=1S/C16H34N2O/c1-6-14(7-2)18(5)12-16-9-8-15(19-16)11-17-10-13(3)4/h13-17H,6-12H2,1-5H3. The van der Waals surface area contributed by atoms with Gasteiger partial charge in [0.05, 0.1) is 12.2 Å². The van der Waals surface area contributed by atoms with Gasteiger partial charge < -0.3 is 15.0 Å². The van der Waals surface area contributed by atoms with Gasteiger partial charge in [0.15, 0.2) is 0 Å². The molecule has 0 saturated carbocycles. The van der Waals surface area contributed by atoms with Crippen molar-refractivity contribution in [1.82, 2.24) is 10.2 Å². The number of nitrogens with zero attached hydrogens (tertiary/aromatic N) is 1. The van der Waals surface area contributed by atoms with Crippen LogP contribution in [-0.4, -0.2) is 49.8 Å². The van der Waals surface area contributed by atoms with Gasteiger partial charge in [-0.25, -0.2) is 0 Å². The molecule has 19 heavy (non-hydrogen) atoms. The van der Waals surface area contributed by atoms with Crippen molar-refractivity contribution >= 4 is 0 Å². The van der Waals surface area contributed by atoms with Crippen LogP contribution in [0.5, 0.6) is 0 Å². The predicted molar refractivity (Wildman–Crippen MR) is 82.6 cm³/mol. The molecule has 0 bridgehead atoms. The molecule has 1 heterocycles. The topological polar surface area (TPSA) is 24.5 Å². The van der Waals surface area contributed by atoms with Crippen LogP contribution in [0, 0.1) is 5.92 Å². The molecule has 1 aliphatic heterocycles. The average molecular weight is 270 g/mol. The highest BCUT2D eigenvalue weighted by Crippen LogP contribution is 2.21. The quantitative estimate of drug-likeness (QED) is 0.697. The summed E-state index contributed by atoms with van der Waals surface area (Å²) in [6.45, 7) is 12.2. The number of rotatable bonds is 9. The van der Waals surface area contributed by atoms with Crippen molar-refractivity contribution in [2.45, 2.75) is 71.6 Å². The van der Waals surface area contributed by atoms with Crippen molar-refractivity contribution in [1.29, 1.82) is 0 Å². The van der Waals surface area contributed by atoms with E-state index in [2.05, 4.69) is 45.0 Å². The zero-order valence-electron chi connectivity index (χ0n) is 13.6. The number of hydrogen-bond donors (Lipinski definition) is 1. The lowest BCUT2D eigenvalue weighted by Crippen LogP contribution is -2.37. The van der Waals surface area contributed by atoms with Gasteiger partial charge in [0.25, 0.3) is 0 Å². The summed E-state index contributed by atoms with van der Waals surface area (Å²) in [4.78, 5) is 2.48. The van der Waals surface area contributed by atoms with E-state index >= 15 is 0 Å². The summed E-state index contributed by atoms with van der Waals surface area (Å²) in [5.41, 5.74) is 0. The third kappa shape index (κ3) is 6.24. The van der Waals surface area contributed by atoms with Gasteiger partial charge in [-0.2, -0.15) is 0 Å². The van der Waals surface area contributed by atoms with Gasteiger partial charge in [0, 0.05) is 19.1 Å². The second-order valence-electron chi connectivity index (χ2n) is 6.42. The molecule has 0 spiro atoms. The maximum atomic E-state index is 6.15. The molecule has 2 unspecified atom stereocenters. The largest absolute Gasteiger partial charge is 0.372 e. The Morgan fingerprint density at radius 1 is 1.16 bits per heavy atom. The Bertz CT molecular complexity index is 229. The lowest BCUT2D eigenvalue weighted by molar-refractivity contribution is 0.0197. The van der Waals surface area contributed by atoms with E-state index in [0.717, 1.165) is 25.6 Å². The van der Waals surface area contributed by atoms with Gasteiger partial charge in [-0.1, -0.05) is 27.7 Å². The normalized spacial score (nSPS) is 24.0. The fourth-order valence-electron chi connectivity index (χ4n) is 2.98. The van der Waals surface area contributed by atoms with Gasteiger partial charge in [-0.05, 0) is 45.2 Å². The zero-order valence-corrected chi connectivity index (χ0v) is 13.6. The van der Waals surface area contributed by atoms with Crippen molar-refractivity contribution in [3.05, 3.63) is 0 Å². The molecule has 1 saturated heterocycles. The fraction of sp³-hybridized carbons (Fsp3) is 1.00. The first kappa shape index (κ1) is 16.9. The van der Waals surface area contributed by atoms with Gasteiger partial charge in [0.1, 0.15) is 0 Å². The van der Waals surface area contributed by atoms with Crippen LogP contribution in [0.4, 0.5) is 0 Å². The van der Waals surface area contributed by atoms with Crippen LogP contribution < -0.4 is 5.32 Å². The van der Waals surface area contributed by atoms with E-state index in [1.54, 1.807) is 0 Å². The maximum Gasteiger partial charge on any atom is 0.0707 e. The molecule has 0 aliphatic carbocycles. The molecule has 0 aromatic carbocycles. The molecule has 2 atom stereocenters. The monoisotopic (exact) mass is 270 g/mol. The number of likely N-dealkylation sites (N-methyl/N-ethyl adjacent to an activating group) is 1. The Morgan fingerprint density at radius 3 is 2.37 bits per heavy atom. The van der Waals surface area contributed by atoms with Crippen LogP contribution in [0.3, 0.4) is 0 Å². The van der Waals surface area contributed by atoms with E-state index in [9.17, 15) is 0 Å². The van der Waals surface area contributed by atoms with E-state index in [1.807, 2.05) is 0 Å². The Kier molecular flexibility index (Phi) is 7.96. The molecule has 1 aliphatic rings. The first-order chi connectivity index (χ1) is 9.06. The molecule has 0 amide bonds. The van der Waals surface area contributed by atoms with Crippen LogP contribution in [0.15, 0.2) is 0 Å². The van der Waals surface area contributed by atoms with E-state index < -0.39 is 0 Å². The number of nitrogens with one attached hydrogen (secondary N) is 1. The molecule has 0 aromatic rings. The van der Waals surface area contributed by atoms with E-state index in [4.69, 9.17) is 4.74 Å². The first-order valence-electron chi connectivity index (χ1n) is 8.13. The van der Waals surface area contributed by atoms with Crippen molar-refractivity contribution in [3.8, 4) is 0 Å². The fourth-order valence-corrected chi connectivity index (χ4v) is 2.98. The Morgan fingerprint density at radius 2 is 1.79 bits per heavy atom. The third-order valence-corrected chi connectivity index (χ3v) is 4.18. The minimum Gasteiger partial charge on any atom is -0.372 e. The second kappa shape index (κ2) is 8.93. The SMILES string of the molecule is CCC(CC)N(C)CC1CCC(CNCC(C)C)O1. The Balaban J connectivity index is 2.20. The Hall–Kier alpha value is -0.120. The summed E-state index contributed by atoms with van der Waals surface area (Å²) in [7, 11) is 2.24. The molecule has 0 radical (unpaired) electrons. The van der Waals surface area contributed by atoms with Crippen molar-refractivity contribution in [2.75, 3.05) is 26.7 Å². The predicted octanol–water partition coefficient (Wildman–Crippen LogP) is 2.90. The Labute approximate surface area is 120 Å². The molecule has 1 fully saturated rings. The minimum absolute atomic E-state index is 0.429. The average Bonchev–Trinajstić information content (AvgIpc) is 2.78. The smallest absolute Gasteiger partial charge is 0.0707 e. The molecular formula is C16H34N2O. The highest BCUT2D eigenvalue weighted by atomic mass is 16.5. The summed E-state index contributed by atoms with van der Waals surface area (Å²) in [6.07, 6.45) is 5.78. The molecule has 1 N–H and O–H groups in total. The molecule has 3 nitrogen and oxygen atoms in total. The molecule has 114 valence electrons. The lowest BCUT2D eigenvalue weighted by Gasteiger charge is -2.28. The van der Waals surface area contributed by atoms with Crippen LogP contribution in [0.1, 0.15) is 53.4 Å². The van der Waals surface area contributed by atoms with Crippen LogP contribution in [0.2, 0.25) is 0 Å². The van der Waals surface area contributed by atoms with Crippen LogP contribution in [0.25, 0.3) is 0 Å². The highest BCUT2D eigenvalue weighted by Gasteiger charge is 2.26. The highest BCUT2D eigenvalue weighted by molar-refractivity contribution is 4.79. The number of ether oxygens (including phenoxy) is 1. The first-order valence-corrected chi connectivity index (χ1v) is 8.13. The maximum absolute atomic E-state index is 6.15. The van der Waals surface area contributed by atoms with Crippen LogP contribution >= 0.6 is 0 Å². The minimum atomic E-state index is 0.429. The summed E-state index contributed by atoms with van der Waals surface area (Å²) in [6, 6.07) is 0.710. The van der Waals surface area contributed by atoms with Crippen LogP contribution in [-0.2, 0) is 4.74 Å². The third-order valence-electron chi connectivity index (χ3n) is 4.18. The van der Waals surface area contributed by atoms with Gasteiger partial charge in [0.2, 0.25) is 0 Å². The lowest BCUT2D eigenvalue weighted by atomic mass is 10.1. The van der Waals surface area contributed by atoms with Crippen molar-refractivity contribution < 1.29 is 4.74 Å². The van der Waals surface area contributed by atoms with E-state index in [-0.39, 0.29) is 0 Å². The molecule has 1 rings (SSSR count). The zero-order chi connectivity index (χ0) is 14.3. The summed E-state index contributed by atoms with van der Waals surface area (Å²) in [5.74, 6) is 0.721. The van der Waals surface area contributed by atoms with Gasteiger partial charge in [-0.3, -0.25) is 0 Å². The summed E-state index contributed by atoms with van der Waals surface area (Å²) in [5, 5.41) is 3.51. The van der Waals surface area contributed by atoms with Gasteiger partial charge in [-0.15, -0.1) is 0 Å². The molecule has 0 aromatic heterocycles. The van der Waals surface area contributed by atoms with E-state index in [1.165, 1.54) is 25.7 Å².